The standard InChI is InChI=1S/C12H17N/c13-9-12-8-11(12)7-6-10-4-2-1-3-5-10/h1-5,11-12H,6-9,13H2/t11-,12+/m1/s1. The first-order valence-electron chi connectivity index (χ1n) is 5.14. The Morgan fingerprint density at radius 1 is 1.15 bits per heavy atom. The van der Waals surface area contributed by atoms with Crippen molar-refractivity contribution in [3.63, 3.8) is 0 Å². The van der Waals surface area contributed by atoms with E-state index < -0.39 is 0 Å². The van der Waals surface area contributed by atoms with Crippen molar-refractivity contribution in [2.75, 3.05) is 6.54 Å². The van der Waals surface area contributed by atoms with E-state index in [0.717, 1.165) is 18.4 Å². The third-order valence-electron chi connectivity index (χ3n) is 3.02. The van der Waals surface area contributed by atoms with Gasteiger partial charge < -0.3 is 5.73 Å². The maximum absolute atomic E-state index is 5.59. The van der Waals surface area contributed by atoms with Gasteiger partial charge in [0, 0.05) is 0 Å². The molecule has 0 radical (unpaired) electrons. The van der Waals surface area contributed by atoms with Crippen LogP contribution in [0.15, 0.2) is 30.3 Å². The topological polar surface area (TPSA) is 26.0 Å². The van der Waals surface area contributed by atoms with Gasteiger partial charge >= 0.3 is 0 Å². The molecule has 0 bridgehead atoms. The lowest BCUT2D eigenvalue weighted by atomic mass is 10.1. The molecule has 1 nitrogen and oxygen atoms in total. The third kappa shape index (κ3) is 2.31. The van der Waals surface area contributed by atoms with Gasteiger partial charge in [-0.2, -0.15) is 0 Å². The van der Waals surface area contributed by atoms with Crippen molar-refractivity contribution < 1.29 is 0 Å². The van der Waals surface area contributed by atoms with E-state index in [4.69, 9.17) is 5.73 Å². The van der Waals surface area contributed by atoms with E-state index in [1.165, 1.54) is 24.8 Å². The second-order valence-electron chi connectivity index (χ2n) is 4.02. The van der Waals surface area contributed by atoms with Gasteiger partial charge in [0.15, 0.2) is 0 Å². The quantitative estimate of drug-likeness (QED) is 0.746. The Balaban J connectivity index is 1.75. The average Bonchev–Trinajstić information content (AvgIpc) is 2.95. The van der Waals surface area contributed by atoms with Crippen molar-refractivity contribution in [2.45, 2.75) is 19.3 Å². The monoisotopic (exact) mass is 175 g/mol. The minimum Gasteiger partial charge on any atom is -0.330 e. The van der Waals surface area contributed by atoms with Gasteiger partial charge in [0.25, 0.3) is 0 Å². The molecule has 1 aromatic rings. The van der Waals surface area contributed by atoms with Crippen LogP contribution in [0.4, 0.5) is 0 Å². The fourth-order valence-corrected chi connectivity index (χ4v) is 1.95. The van der Waals surface area contributed by atoms with E-state index in [1.54, 1.807) is 0 Å². The highest BCUT2D eigenvalue weighted by atomic mass is 14.6. The second kappa shape index (κ2) is 3.93. The number of benzene rings is 1. The molecule has 70 valence electrons. The summed E-state index contributed by atoms with van der Waals surface area (Å²) >= 11 is 0. The molecule has 0 aliphatic heterocycles. The van der Waals surface area contributed by atoms with Crippen LogP contribution in [0.25, 0.3) is 0 Å². The number of hydrogen-bond acceptors (Lipinski definition) is 1. The molecule has 1 aliphatic carbocycles. The molecular weight excluding hydrogens is 158 g/mol. The van der Waals surface area contributed by atoms with Crippen LogP contribution in [0.1, 0.15) is 18.4 Å². The van der Waals surface area contributed by atoms with E-state index in [-0.39, 0.29) is 0 Å². The third-order valence-corrected chi connectivity index (χ3v) is 3.02. The van der Waals surface area contributed by atoms with Crippen molar-refractivity contribution in [1.29, 1.82) is 0 Å². The van der Waals surface area contributed by atoms with Gasteiger partial charge in [-0.05, 0) is 43.2 Å². The van der Waals surface area contributed by atoms with Gasteiger partial charge in [-0.15, -0.1) is 0 Å². The van der Waals surface area contributed by atoms with Gasteiger partial charge in [0.1, 0.15) is 0 Å². The van der Waals surface area contributed by atoms with Gasteiger partial charge in [-0.1, -0.05) is 30.3 Å². The molecule has 0 aromatic heterocycles. The molecule has 0 unspecified atom stereocenters. The molecule has 1 heteroatoms. The normalized spacial score (nSPS) is 25.9. The molecule has 0 heterocycles. The number of rotatable bonds is 4. The molecule has 2 rings (SSSR count). The van der Waals surface area contributed by atoms with Crippen LogP contribution in [-0.2, 0) is 6.42 Å². The predicted molar refractivity (Wildman–Crippen MR) is 55.4 cm³/mol. The first-order valence-corrected chi connectivity index (χ1v) is 5.14. The molecule has 13 heavy (non-hydrogen) atoms. The summed E-state index contributed by atoms with van der Waals surface area (Å²) in [6.45, 7) is 0.888. The summed E-state index contributed by atoms with van der Waals surface area (Å²) in [6.07, 6.45) is 3.91. The van der Waals surface area contributed by atoms with Crippen molar-refractivity contribution >= 4 is 0 Å². The Morgan fingerprint density at radius 3 is 2.54 bits per heavy atom. The molecule has 0 saturated heterocycles. The lowest BCUT2D eigenvalue weighted by Gasteiger charge is -1.99. The molecular formula is C12H17N. The average molecular weight is 175 g/mol. The van der Waals surface area contributed by atoms with E-state index in [2.05, 4.69) is 30.3 Å². The molecule has 1 fully saturated rings. The van der Waals surface area contributed by atoms with Crippen LogP contribution in [0, 0.1) is 11.8 Å². The summed E-state index contributed by atoms with van der Waals surface area (Å²) in [5.74, 6) is 1.76. The lowest BCUT2D eigenvalue weighted by molar-refractivity contribution is 0.649. The van der Waals surface area contributed by atoms with Crippen molar-refractivity contribution in [3.05, 3.63) is 35.9 Å². The Hall–Kier alpha value is -0.820. The van der Waals surface area contributed by atoms with Gasteiger partial charge in [0.05, 0.1) is 0 Å². The molecule has 1 aromatic carbocycles. The first-order chi connectivity index (χ1) is 6.40. The van der Waals surface area contributed by atoms with E-state index in [0.29, 0.717) is 0 Å². The summed E-state index contributed by atoms with van der Waals surface area (Å²) < 4.78 is 0. The molecule has 1 saturated carbocycles. The Bertz CT molecular complexity index is 255. The summed E-state index contributed by atoms with van der Waals surface area (Å²) in [5, 5.41) is 0. The van der Waals surface area contributed by atoms with E-state index >= 15 is 0 Å². The summed E-state index contributed by atoms with van der Waals surface area (Å²) in [4.78, 5) is 0. The molecule has 0 spiro atoms. The fraction of sp³-hybridized carbons (Fsp3) is 0.500. The number of aryl methyl sites for hydroxylation is 1. The largest absolute Gasteiger partial charge is 0.330 e. The highest BCUT2D eigenvalue weighted by Crippen LogP contribution is 2.40. The maximum atomic E-state index is 5.59. The molecule has 0 amide bonds. The smallest absolute Gasteiger partial charge is 0.00461 e. The Morgan fingerprint density at radius 2 is 1.92 bits per heavy atom. The summed E-state index contributed by atoms with van der Waals surface area (Å²) in [6, 6.07) is 10.7. The van der Waals surface area contributed by atoms with Crippen LogP contribution >= 0.6 is 0 Å². The van der Waals surface area contributed by atoms with Crippen molar-refractivity contribution in [3.8, 4) is 0 Å². The van der Waals surface area contributed by atoms with Crippen LogP contribution < -0.4 is 5.73 Å². The van der Waals surface area contributed by atoms with Crippen LogP contribution in [0.2, 0.25) is 0 Å². The Labute approximate surface area is 80.0 Å². The van der Waals surface area contributed by atoms with E-state index in [9.17, 15) is 0 Å². The number of hydrogen-bond donors (Lipinski definition) is 1. The fourth-order valence-electron chi connectivity index (χ4n) is 1.95. The minimum absolute atomic E-state index is 0.837. The van der Waals surface area contributed by atoms with Crippen molar-refractivity contribution in [2.24, 2.45) is 17.6 Å². The van der Waals surface area contributed by atoms with Gasteiger partial charge in [-0.3, -0.25) is 0 Å². The highest BCUT2D eigenvalue weighted by Gasteiger charge is 2.34. The minimum atomic E-state index is 0.837. The van der Waals surface area contributed by atoms with Crippen molar-refractivity contribution in [1.82, 2.24) is 0 Å². The first kappa shape index (κ1) is 8.76. The van der Waals surface area contributed by atoms with Crippen LogP contribution in [-0.4, -0.2) is 6.54 Å². The Kier molecular flexibility index (Phi) is 2.65. The molecule has 2 N–H and O–H groups in total. The summed E-state index contributed by atoms with van der Waals surface area (Å²) in [7, 11) is 0. The number of nitrogens with two attached hydrogens (primary N) is 1. The van der Waals surface area contributed by atoms with Crippen LogP contribution in [0.5, 0.6) is 0 Å². The molecule has 1 aliphatic rings. The highest BCUT2D eigenvalue weighted by molar-refractivity contribution is 5.15. The van der Waals surface area contributed by atoms with E-state index in [1.807, 2.05) is 0 Å². The predicted octanol–water partition coefficient (Wildman–Crippen LogP) is 2.21. The zero-order valence-electron chi connectivity index (χ0n) is 7.95. The lowest BCUT2D eigenvalue weighted by Crippen LogP contribution is -2.02. The van der Waals surface area contributed by atoms with Gasteiger partial charge in [0.2, 0.25) is 0 Å². The molecule has 2 atom stereocenters. The maximum Gasteiger partial charge on any atom is -0.00461 e. The van der Waals surface area contributed by atoms with Gasteiger partial charge in [-0.25, -0.2) is 0 Å². The SMILES string of the molecule is NC[C@@H]1C[C@H]1CCc1ccccc1. The zero-order chi connectivity index (χ0) is 9.10. The second-order valence-corrected chi connectivity index (χ2v) is 4.02. The van der Waals surface area contributed by atoms with Crippen LogP contribution in [0.3, 0.4) is 0 Å². The summed E-state index contributed by atoms with van der Waals surface area (Å²) in [5.41, 5.74) is 7.06. The zero-order valence-corrected chi connectivity index (χ0v) is 7.95.